The highest BCUT2D eigenvalue weighted by Crippen LogP contribution is 2.23. The zero-order chi connectivity index (χ0) is 16.9. The minimum Gasteiger partial charge on any atom is -0.339 e. The minimum atomic E-state index is -0.258. The lowest BCUT2D eigenvalue weighted by Gasteiger charge is -2.31. The lowest BCUT2D eigenvalue weighted by molar-refractivity contribution is 0.0696. The molecule has 1 aromatic heterocycles. The third kappa shape index (κ3) is 3.64. The number of nitrogens with one attached hydrogen (secondary N) is 2. The van der Waals surface area contributed by atoms with Crippen LogP contribution >= 0.6 is 0 Å². The summed E-state index contributed by atoms with van der Waals surface area (Å²) in [7, 11) is 1.88. The Kier molecular flexibility index (Phi) is 4.93. The molecule has 24 heavy (non-hydrogen) atoms. The average Bonchev–Trinajstić information content (AvgIpc) is 3.17. The first kappa shape index (κ1) is 16.2. The lowest BCUT2D eigenvalue weighted by atomic mass is 9.94. The molecule has 3 rings (SSSR count). The molecule has 0 aliphatic heterocycles. The van der Waals surface area contributed by atoms with E-state index in [1.54, 1.807) is 30.3 Å². The van der Waals surface area contributed by atoms with Crippen LogP contribution in [0.1, 0.15) is 53.0 Å². The molecule has 2 amide bonds. The number of aromatic amines is 1. The van der Waals surface area contributed by atoms with E-state index in [9.17, 15) is 9.59 Å². The number of amides is 2. The molecule has 1 aliphatic rings. The Morgan fingerprint density at radius 2 is 1.83 bits per heavy atom. The van der Waals surface area contributed by atoms with Gasteiger partial charge < -0.3 is 10.2 Å². The number of benzene rings is 1. The molecule has 0 bridgehead atoms. The van der Waals surface area contributed by atoms with Gasteiger partial charge in [-0.2, -0.15) is 5.10 Å². The second-order valence-corrected chi connectivity index (χ2v) is 6.21. The van der Waals surface area contributed by atoms with E-state index in [1.807, 2.05) is 11.9 Å². The van der Waals surface area contributed by atoms with Crippen molar-refractivity contribution in [2.24, 2.45) is 0 Å². The summed E-state index contributed by atoms with van der Waals surface area (Å²) < 4.78 is 0. The van der Waals surface area contributed by atoms with Gasteiger partial charge in [0.15, 0.2) is 0 Å². The SMILES string of the molecule is CN(C(=O)c1ccc(NC(=O)c2ccn[nH]2)cc1)C1CCCCC1. The van der Waals surface area contributed by atoms with Gasteiger partial charge in [-0.1, -0.05) is 19.3 Å². The first-order valence-corrected chi connectivity index (χ1v) is 8.33. The van der Waals surface area contributed by atoms with Crippen molar-refractivity contribution in [2.75, 3.05) is 12.4 Å². The number of aromatic nitrogens is 2. The fraction of sp³-hybridized carbons (Fsp3) is 0.389. The Balaban J connectivity index is 1.63. The Morgan fingerprint density at radius 3 is 2.46 bits per heavy atom. The molecular weight excluding hydrogens is 304 g/mol. The van der Waals surface area contributed by atoms with Crippen LogP contribution in [0, 0.1) is 0 Å². The van der Waals surface area contributed by atoms with E-state index < -0.39 is 0 Å². The molecule has 6 heteroatoms. The normalized spacial score (nSPS) is 15.0. The third-order valence-corrected chi connectivity index (χ3v) is 4.58. The van der Waals surface area contributed by atoms with Crippen LogP contribution in [0.25, 0.3) is 0 Å². The molecule has 1 heterocycles. The minimum absolute atomic E-state index is 0.0355. The van der Waals surface area contributed by atoms with E-state index in [2.05, 4.69) is 15.5 Å². The van der Waals surface area contributed by atoms with Crippen LogP contribution in [-0.4, -0.2) is 40.0 Å². The highest BCUT2D eigenvalue weighted by Gasteiger charge is 2.22. The van der Waals surface area contributed by atoms with Gasteiger partial charge in [0.05, 0.1) is 0 Å². The maximum Gasteiger partial charge on any atom is 0.273 e. The molecule has 6 nitrogen and oxygen atoms in total. The van der Waals surface area contributed by atoms with Gasteiger partial charge in [-0.05, 0) is 43.2 Å². The maximum absolute atomic E-state index is 12.6. The number of hydrogen-bond acceptors (Lipinski definition) is 3. The highest BCUT2D eigenvalue weighted by molar-refractivity contribution is 6.03. The Labute approximate surface area is 141 Å². The van der Waals surface area contributed by atoms with Crippen LogP contribution in [0.3, 0.4) is 0 Å². The van der Waals surface area contributed by atoms with Crippen LogP contribution in [0.15, 0.2) is 36.5 Å². The topological polar surface area (TPSA) is 78.1 Å². The highest BCUT2D eigenvalue weighted by atomic mass is 16.2. The number of anilines is 1. The Bertz CT molecular complexity index is 688. The van der Waals surface area contributed by atoms with Crippen molar-refractivity contribution in [3.05, 3.63) is 47.8 Å². The standard InChI is InChI=1S/C18H22N4O2/c1-22(15-5-3-2-4-6-15)18(24)13-7-9-14(10-8-13)20-17(23)16-11-12-19-21-16/h7-12,15H,2-6H2,1H3,(H,19,21)(H,20,23). The second-order valence-electron chi connectivity index (χ2n) is 6.21. The molecule has 0 spiro atoms. The maximum atomic E-state index is 12.6. The number of carbonyl (C=O) groups is 2. The van der Waals surface area contributed by atoms with Gasteiger partial charge in [-0.25, -0.2) is 0 Å². The van der Waals surface area contributed by atoms with Gasteiger partial charge in [0, 0.05) is 30.5 Å². The van der Waals surface area contributed by atoms with Crippen molar-refractivity contribution < 1.29 is 9.59 Å². The number of hydrogen-bond donors (Lipinski definition) is 2. The quantitative estimate of drug-likeness (QED) is 0.906. The van der Waals surface area contributed by atoms with E-state index in [1.165, 1.54) is 25.5 Å². The van der Waals surface area contributed by atoms with Crippen molar-refractivity contribution >= 4 is 17.5 Å². The van der Waals surface area contributed by atoms with Crippen LogP contribution in [0.5, 0.6) is 0 Å². The van der Waals surface area contributed by atoms with Crippen LogP contribution in [0.4, 0.5) is 5.69 Å². The van der Waals surface area contributed by atoms with E-state index in [-0.39, 0.29) is 11.8 Å². The summed E-state index contributed by atoms with van der Waals surface area (Å²) in [5.74, 6) is -0.223. The molecule has 1 aromatic carbocycles. The number of rotatable bonds is 4. The molecule has 2 N–H and O–H groups in total. The Hall–Kier alpha value is -2.63. The molecule has 1 saturated carbocycles. The zero-order valence-electron chi connectivity index (χ0n) is 13.8. The van der Waals surface area contributed by atoms with Crippen LogP contribution in [-0.2, 0) is 0 Å². The summed E-state index contributed by atoms with van der Waals surface area (Å²) >= 11 is 0. The van der Waals surface area contributed by atoms with Crippen molar-refractivity contribution in [3.63, 3.8) is 0 Å². The van der Waals surface area contributed by atoms with Crippen molar-refractivity contribution in [1.82, 2.24) is 15.1 Å². The van der Waals surface area contributed by atoms with Crippen molar-refractivity contribution in [2.45, 2.75) is 38.1 Å². The molecule has 0 unspecified atom stereocenters. The van der Waals surface area contributed by atoms with Gasteiger partial charge in [-0.3, -0.25) is 14.7 Å². The van der Waals surface area contributed by atoms with Gasteiger partial charge in [0.25, 0.3) is 11.8 Å². The summed E-state index contributed by atoms with van der Waals surface area (Å²) in [6.07, 6.45) is 7.35. The average molecular weight is 326 g/mol. The monoisotopic (exact) mass is 326 g/mol. The summed E-state index contributed by atoms with van der Waals surface area (Å²) in [5, 5.41) is 9.13. The van der Waals surface area contributed by atoms with Gasteiger partial charge in [0.2, 0.25) is 0 Å². The molecule has 0 saturated heterocycles. The molecule has 0 atom stereocenters. The number of carbonyl (C=O) groups excluding carboxylic acids is 2. The smallest absolute Gasteiger partial charge is 0.273 e. The first-order chi connectivity index (χ1) is 11.6. The molecule has 1 fully saturated rings. The Morgan fingerprint density at radius 1 is 1.12 bits per heavy atom. The largest absolute Gasteiger partial charge is 0.339 e. The number of H-pyrrole nitrogens is 1. The summed E-state index contributed by atoms with van der Waals surface area (Å²) in [6, 6.07) is 8.94. The third-order valence-electron chi connectivity index (χ3n) is 4.58. The molecular formula is C18H22N4O2. The van der Waals surface area contributed by atoms with E-state index in [0.717, 1.165) is 12.8 Å². The zero-order valence-corrected chi connectivity index (χ0v) is 13.8. The van der Waals surface area contributed by atoms with Gasteiger partial charge in [0.1, 0.15) is 5.69 Å². The van der Waals surface area contributed by atoms with E-state index in [0.29, 0.717) is 23.0 Å². The lowest BCUT2D eigenvalue weighted by Crippen LogP contribution is -2.38. The first-order valence-electron chi connectivity index (χ1n) is 8.33. The fourth-order valence-corrected chi connectivity index (χ4v) is 3.11. The van der Waals surface area contributed by atoms with E-state index in [4.69, 9.17) is 0 Å². The summed E-state index contributed by atoms with van der Waals surface area (Å²) in [5.41, 5.74) is 1.68. The molecule has 126 valence electrons. The van der Waals surface area contributed by atoms with Crippen LogP contribution < -0.4 is 5.32 Å². The summed E-state index contributed by atoms with van der Waals surface area (Å²) in [6.45, 7) is 0. The van der Waals surface area contributed by atoms with Gasteiger partial charge in [-0.15, -0.1) is 0 Å². The van der Waals surface area contributed by atoms with Gasteiger partial charge >= 0.3 is 0 Å². The van der Waals surface area contributed by atoms with Crippen molar-refractivity contribution in [3.8, 4) is 0 Å². The van der Waals surface area contributed by atoms with E-state index >= 15 is 0 Å². The molecule has 0 radical (unpaired) electrons. The molecule has 1 aliphatic carbocycles. The predicted octanol–water partition coefficient (Wildman–Crippen LogP) is 3.07. The fourth-order valence-electron chi connectivity index (χ4n) is 3.11. The number of nitrogens with zero attached hydrogens (tertiary/aromatic N) is 2. The summed E-state index contributed by atoms with van der Waals surface area (Å²) in [4.78, 5) is 26.4. The predicted molar refractivity (Wildman–Crippen MR) is 91.9 cm³/mol. The second kappa shape index (κ2) is 7.29. The molecule has 2 aromatic rings. The van der Waals surface area contributed by atoms with Crippen LogP contribution in [0.2, 0.25) is 0 Å². The van der Waals surface area contributed by atoms with Crippen molar-refractivity contribution in [1.29, 1.82) is 0 Å².